The molecule has 0 aromatic rings. The van der Waals surface area contributed by atoms with E-state index in [1.165, 1.54) is 24.5 Å². The Kier molecular flexibility index (Phi) is 6.79. The molecule has 0 aromatic heterocycles. The molecule has 3 aliphatic rings. The molecule has 1 saturated heterocycles. The van der Waals surface area contributed by atoms with Crippen molar-refractivity contribution in [1.29, 1.82) is 0 Å². The number of hydrogen-bond donors (Lipinski definition) is 0. The molecule has 0 N–H and O–H groups in total. The standard InChI is InChI=1S/C11H17Si.C5H5.2ClH.Zr/c1-3-12(7-4-8-12)11-6-5-10(2)9-11;1-2-4-5-3-1;;;/h5-6,9H,3-4,7-8H2,1-2H3;1-3H,4H2;2*1H;/q;;;;+2/p-2. The molecule has 3 rings (SSSR count). The summed E-state index contributed by atoms with van der Waals surface area (Å²) in [5.74, 6) is 0. The quantitative estimate of drug-likeness (QED) is 0.528. The summed E-state index contributed by atoms with van der Waals surface area (Å²) in [6, 6.07) is 4.70. The molecule has 1 aliphatic heterocycles. The first-order valence-corrected chi connectivity index (χ1v) is 12.3. The average Bonchev–Trinajstić information content (AvgIpc) is 2.89. The van der Waals surface area contributed by atoms with Gasteiger partial charge in [-0.3, -0.25) is 0 Å². The van der Waals surface area contributed by atoms with Crippen molar-refractivity contribution in [3.05, 3.63) is 45.3 Å². The van der Waals surface area contributed by atoms with Gasteiger partial charge in [0.05, 0.1) is 0 Å². The minimum Gasteiger partial charge on any atom is -1.00 e. The Balaban J connectivity index is 0.000001000. The Morgan fingerprint density at radius 2 is 2.05 bits per heavy atom. The number of allylic oxidation sites excluding steroid dienone is 8. The van der Waals surface area contributed by atoms with Crippen LogP contribution in [0.4, 0.5) is 0 Å². The summed E-state index contributed by atoms with van der Waals surface area (Å²) in [6.07, 6.45) is 17.6. The summed E-state index contributed by atoms with van der Waals surface area (Å²) in [6.45, 7) is 4.78. The van der Waals surface area contributed by atoms with Crippen LogP contribution in [0.25, 0.3) is 0 Å². The Morgan fingerprint density at radius 1 is 1.30 bits per heavy atom. The van der Waals surface area contributed by atoms with Crippen molar-refractivity contribution in [2.45, 2.75) is 47.6 Å². The second kappa shape index (κ2) is 7.27. The van der Waals surface area contributed by atoms with E-state index in [1.54, 1.807) is 12.1 Å². The van der Waals surface area contributed by atoms with Gasteiger partial charge in [0, 0.05) is 0 Å². The SMILES string of the molecule is CC[Si]1([C]2([Zr+2][C]3=CC=CC3)C=CC(C)=C2)CCC1.[Cl-].[Cl-]. The fraction of sp³-hybridized carbons (Fsp3) is 0.500. The molecule has 0 amide bonds. The average molecular weight is 405 g/mol. The normalized spacial score (nSPS) is 28.7. The first-order valence-electron chi connectivity index (χ1n) is 7.22. The maximum Gasteiger partial charge on any atom is -1.00 e. The first-order chi connectivity index (χ1) is 8.70. The molecule has 1 heterocycles. The van der Waals surface area contributed by atoms with Crippen molar-refractivity contribution in [3.63, 3.8) is 0 Å². The van der Waals surface area contributed by atoms with Crippen LogP contribution in [0.2, 0.25) is 20.9 Å². The van der Waals surface area contributed by atoms with E-state index in [-0.39, 0.29) is 24.8 Å². The molecule has 1 unspecified atom stereocenters. The predicted octanol–water partition coefficient (Wildman–Crippen LogP) is -0.993. The number of hydrogen-bond acceptors (Lipinski definition) is 0. The zero-order valence-electron chi connectivity index (χ0n) is 12.3. The van der Waals surface area contributed by atoms with Gasteiger partial charge < -0.3 is 24.8 Å². The van der Waals surface area contributed by atoms with Gasteiger partial charge in [0.25, 0.3) is 0 Å². The maximum atomic E-state index is 2.70. The summed E-state index contributed by atoms with van der Waals surface area (Å²) in [5, 5.41) is 0. The second-order valence-corrected chi connectivity index (χ2v) is 16.6. The third kappa shape index (κ3) is 3.05. The molecular formula is C16H22Cl2SiZr. The third-order valence-electron chi connectivity index (χ3n) is 5.07. The van der Waals surface area contributed by atoms with E-state index in [1.807, 2.05) is 3.28 Å². The zero-order chi connectivity index (χ0) is 12.6. The molecule has 0 radical (unpaired) electrons. The summed E-state index contributed by atoms with van der Waals surface area (Å²) < 4.78 is 2.45. The summed E-state index contributed by atoms with van der Waals surface area (Å²) >= 11 is -0.477. The molecule has 0 aromatic carbocycles. The minimum absolute atomic E-state index is 0. The first kappa shape index (κ1) is 18.7. The van der Waals surface area contributed by atoms with Crippen LogP contribution in [0.1, 0.15) is 26.7 Å². The number of halogens is 2. The molecular weight excluding hydrogens is 382 g/mol. The number of rotatable bonds is 4. The molecule has 20 heavy (non-hydrogen) atoms. The van der Waals surface area contributed by atoms with Crippen molar-refractivity contribution >= 4 is 8.07 Å². The van der Waals surface area contributed by atoms with E-state index >= 15 is 0 Å². The minimum atomic E-state index is -1.000. The van der Waals surface area contributed by atoms with Gasteiger partial charge in [-0.1, -0.05) is 0 Å². The smallest absolute Gasteiger partial charge is 1.00 e. The van der Waals surface area contributed by atoms with E-state index in [2.05, 4.69) is 50.3 Å². The molecule has 4 heteroatoms. The van der Waals surface area contributed by atoms with Crippen LogP contribution in [0.3, 0.4) is 0 Å². The Bertz CT molecular complexity index is 469. The van der Waals surface area contributed by atoms with E-state index < -0.39 is 31.3 Å². The van der Waals surface area contributed by atoms with E-state index in [0.29, 0.717) is 2.75 Å². The van der Waals surface area contributed by atoms with Gasteiger partial charge in [-0.15, -0.1) is 0 Å². The molecule has 1 fully saturated rings. The second-order valence-electron chi connectivity index (χ2n) is 6.03. The molecule has 1 atom stereocenters. The maximum absolute atomic E-state index is 2.70. The fourth-order valence-electron chi connectivity index (χ4n) is 3.73. The van der Waals surface area contributed by atoms with Crippen molar-refractivity contribution in [2.75, 3.05) is 0 Å². The predicted molar refractivity (Wildman–Crippen MR) is 77.9 cm³/mol. The van der Waals surface area contributed by atoms with Crippen LogP contribution in [-0.2, 0) is 23.2 Å². The zero-order valence-corrected chi connectivity index (χ0v) is 17.2. The van der Waals surface area contributed by atoms with Crippen LogP contribution in [0, 0.1) is 0 Å². The van der Waals surface area contributed by atoms with Crippen LogP contribution in [0.15, 0.2) is 45.3 Å². The van der Waals surface area contributed by atoms with E-state index in [4.69, 9.17) is 0 Å². The molecule has 2 aliphatic carbocycles. The summed E-state index contributed by atoms with van der Waals surface area (Å²) in [5.41, 5.74) is 1.54. The van der Waals surface area contributed by atoms with Crippen LogP contribution >= 0.6 is 0 Å². The van der Waals surface area contributed by atoms with Crippen LogP contribution in [0.5, 0.6) is 0 Å². The molecule has 0 saturated carbocycles. The van der Waals surface area contributed by atoms with Gasteiger partial charge in [0.2, 0.25) is 0 Å². The topological polar surface area (TPSA) is 0 Å². The Morgan fingerprint density at radius 3 is 2.45 bits per heavy atom. The largest absolute Gasteiger partial charge is 1.00 e. The van der Waals surface area contributed by atoms with Gasteiger partial charge in [-0.2, -0.15) is 0 Å². The van der Waals surface area contributed by atoms with Gasteiger partial charge >= 0.3 is 124 Å². The summed E-state index contributed by atoms with van der Waals surface area (Å²) in [7, 11) is -1.000. The molecule has 0 bridgehead atoms. The molecule has 0 nitrogen and oxygen atoms in total. The van der Waals surface area contributed by atoms with Gasteiger partial charge in [-0.25, -0.2) is 0 Å². The summed E-state index contributed by atoms with van der Waals surface area (Å²) in [4.78, 5) is 0. The Hall–Kier alpha value is 0.640. The van der Waals surface area contributed by atoms with Crippen molar-refractivity contribution in [3.8, 4) is 0 Å². The van der Waals surface area contributed by atoms with Crippen molar-refractivity contribution in [1.82, 2.24) is 0 Å². The van der Waals surface area contributed by atoms with E-state index in [9.17, 15) is 0 Å². The van der Waals surface area contributed by atoms with Crippen LogP contribution in [-0.4, -0.2) is 8.07 Å². The van der Waals surface area contributed by atoms with Gasteiger partial charge in [0.1, 0.15) is 0 Å². The fourth-order valence-corrected chi connectivity index (χ4v) is 17.8. The van der Waals surface area contributed by atoms with Crippen molar-refractivity contribution < 1.29 is 48.0 Å². The van der Waals surface area contributed by atoms with Crippen molar-refractivity contribution in [2.24, 2.45) is 0 Å². The van der Waals surface area contributed by atoms with Crippen LogP contribution < -0.4 is 24.8 Å². The van der Waals surface area contributed by atoms with Gasteiger partial charge in [0.15, 0.2) is 0 Å². The Labute approximate surface area is 148 Å². The molecule has 108 valence electrons. The molecule has 0 spiro atoms. The third-order valence-corrected chi connectivity index (χ3v) is 19.2. The van der Waals surface area contributed by atoms with E-state index in [0.717, 1.165) is 0 Å². The van der Waals surface area contributed by atoms with Gasteiger partial charge in [-0.05, 0) is 0 Å². The monoisotopic (exact) mass is 402 g/mol.